The average molecular weight is 387 g/mol. The molecule has 4 N–H and O–H groups in total. The molecule has 132 valence electrons. The highest BCUT2D eigenvalue weighted by molar-refractivity contribution is 6.39. The summed E-state index contributed by atoms with van der Waals surface area (Å²) in [5.41, 5.74) is 15.9. The lowest BCUT2D eigenvalue weighted by molar-refractivity contribution is 0.0794. The summed E-state index contributed by atoms with van der Waals surface area (Å²) in [5.74, 6) is -0.193. The highest BCUT2D eigenvalue weighted by atomic mass is 35.5. The van der Waals surface area contributed by atoms with E-state index < -0.39 is 0 Å². The van der Waals surface area contributed by atoms with E-state index in [0.717, 1.165) is 16.7 Å². The maximum absolute atomic E-state index is 12.8. The third-order valence-corrected chi connectivity index (χ3v) is 5.06. The van der Waals surface area contributed by atoms with Crippen LogP contribution in [0.2, 0.25) is 10.0 Å². The SMILES string of the molecule is C/C=C(\C#N)CN1Cc2c(-c3cc(Cl)c(N)c(Cl)c3)ccc(N)c2C1=O. The molecule has 0 saturated heterocycles. The number of amides is 1. The fourth-order valence-electron chi connectivity index (χ4n) is 3.04. The minimum absolute atomic E-state index is 0.193. The first-order valence-electron chi connectivity index (χ1n) is 7.88. The first-order valence-corrected chi connectivity index (χ1v) is 8.63. The summed E-state index contributed by atoms with van der Waals surface area (Å²) in [6.45, 7) is 2.36. The maximum Gasteiger partial charge on any atom is 0.256 e. The molecule has 0 radical (unpaired) electrons. The standard InChI is InChI=1S/C19H16Cl2N4O/c1-2-10(7-22)8-25-9-13-12(3-4-16(23)17(13)19(25)26)11-5-14(20)18(24)15(21)6-11/h2-6H,8-9,23-24H2,1H3/b10-2+. The van der Waals surface area contributed by atoms with Crippen LogP contribution < -0.4 is 11.5 Å². The summed E-state index contributed by atoms with van der Waals surface area (Å²) >= 11 is 12.3. The van der Waals surface area contributed by atoms with E-state index in [0.29, 0.717) is 39.1 Å². The molecule has 0 saturated carbocycles. The van der Waals surface area contributed by atoms with Crippen molar-refractivity contribution in [2.24, 2.45) is 0 Å². The topological polar surface area (TPSA) is 96.1 Å². The van der Waals surface area contributed by atoms with Crippen molar-refractivity contribution in [2.45, 2.75) is 13.5 Å². The number of anilines is 2. The van der Waals surface area contributed by atoms with Gasteiger partial charge in [0.25, 0.3) is 5.91 Å². The Bertz CT molecular complexity index is 969. The van der Waals surface area contributed by atoms with Crippen molar-refractivity contribution >= 4 is 40.5 Å². The number of allylic oxidation sites excluding steroid dienone is 1. The molecule has 1 amide bonds. The van der Waals surface area contributed by atoms with Gasteiger partial charge in [-0.25, -0.2) is 0 Å². The smallest absolute Gasteiger partial charge is 0.256 e. The van der Waals surface area contributed by atoms with Gasteiger partial charge < -0.3 is 16.4 Å². The van der Waals surface area contributed by atoms with Crippen molar-refractivity contribution in [2.75, 3.05) is 18.0 Å². The third kappa shape index (κ3) is 2.98. The van der Waals surface area contributed by atoms with Gasteiger partial charge in [0.05, 0.1) is 33.9 Å². The molecule has 0 spiro atoms. The van der Waals surface area contributed by atoms with Crippen LogP contribution in [0.4, 0.5) is 11.4 Å². The monoisotopic (exact) mass is 386 g/mol. The van der Waals surface area contributed by atoms with E-state index in [9.17, 15) is 4.79 Å². The van der Waals surface area contributed by atoms with Crippen LogP contribution in [0.25, 0.3) is 11.1 Å². The molecule has 0 aromatic heterocycles. The van der Waals surface area contributed by atoms with Gasteiger partial charge in [-0.15, -0.1) is 0 Å². The van der Waals surface area contributed by atoms with Gasteiger partial charge in [-0.1, -0.05) is 35.3 Å². The largest absolute Gasteiger partial charge is 0.398 e. The van der Waals surface area contributed by atoms with Gasteiger partial charge in [0.15, 0.2) is 0 Å². The molecule has 2 aromatic carbocycles. The zero-order valence-electron chi connectivity index (χ0n) is 14.0. The van der Waals surface area contributed by atoms with Crippen LogP contribution in [0.15, 0.2) is 35.9 Å². The molecule has 2 aromatic rings. The minimum Gasteiger partial charge on any atom is -0.398 e. The van der Waals surface area contributed by atoms with Gasteiger partial charge in [0.2, 0.25) is 0 Å². The minimum atomic E-state index is -0.193. The van der Waals surface area contributed by atoms with Crippen LogP contribution >= 0.6 is 23.2 Å². The van der Waals surface area contributed by atoms with Crippen molar-refractivity contribution in [3.05, 3.63) is 57.1 Å². The lowest BCUT2D eigenvalue weighted by Crippen LogP contribution is -2.26. The van der Waals surface area contributed by atoms with Gasteiger partial charge in [-0.05, 0) is 41.8 Å². The van der Waals surface area contributed by atoms with E-state index in [1.165, 1.54) is 0 Å². The number of halogens is 2. The van der Waals surface area contributed by atoms with Crippen LogP contribution in [0.3, 0.4) is 0 Å². The summed E-state index contributed by atoms with van der Waals surface area (Å²) in [4.78, 5) is 14.4. The summed E-state index contributed by atoms with van der Waals surface area (Å²) in [6, 6.07) is 9.05. The molecule has 3 rings (SSSR count). The molecule has 0 aliphatic carbocycles. The fraction of sp³-hybridized carbons (Fsp3) is 0.158. The Hall–Kier alpha value is -2.68. The van der Waals surface area contributed by atoms with Crippen molar-refractivity contribution in [1.29, 1.82) is 5.26 Å². The Labute approximate surface area is 161 Å². The van der Waals surface area contributed by atoms with E-state index in [4.69, 9.17) is 39.9 Å². The van der Waals surface area contributed by atoms with Gasteiger partial charge in [0, 0.05) is 17.8 Å². The lowest BCUT2D eigenvalue weighted by Gasteiger charge is -2.15. The molecular weight excluding hydrogens is 371 g/mol. The number of nitrogen functional groups attached to an aromatic ring is 2. The Balaban J connectivity index is 2.10. The summed E-state index contributed by atoms with van der Waals surface area (Å²) in [6.07, 6.45) is 1.69. The maximum atomic E-state index is 12.8. The molecule has 7 heteroatoms. The normalized spacial score (nSPS) is 13.7. The molecule has 0 atom stereocenters. The van der Waals surface area contributed by atoms with Gasteiger partial charge in [-0.3, -0.25) is 4.79 Å². The van der Waals surface area contributed by atoms with Gasteiger partial charge in [-0.2, -0.15) is 5.26 Å². The lowest BCUT2D eigenvalue weighted by atomic mass is 9.95. The number of nitrogens with zero attached hydrogens (tertiary/aromatic N) is 2. The zero-order valence-corrected chi connectivity index (χ0v) is 15.5. The highest BCUT2D eigenvalue weighted by Crippen LogP contribution is 2.39. The van der Waals surface area contributed by atoms with E-state index in [1.807, 2.05) is 6.07 Å². The second-order valence-electron chi connectivity index (χ2n) is 6.00. The van der Waals surface area contributed by atoms with Crippen molar-refractivity contribution in [1.82, 2.24) is 4.90 Å². The molecule has 0 fully saturated rings. The summed E-state index contributed by atoms with van der Waals surface area (Å²) in [5, 5.41) is 9.84. The molecule has 5 nitrogen and oxygen atoms in total. The van der Waals surface area contributed by atoms with Crippen molar-refractivity contribution in [3.8, 4) is 17.2 Å². The van der Waals surface area contributed by atoms with Crippen LogP contribution in [-0.4, -0.2) is 17.4 Å². The Morgan fingerprint density at radius 2 is 1.96 bits per heavy atom. The molecule has 0 bridgehead atoms. The first kappa shape index (κ1) is 18.1. The number of hydrogen-bond donors (Lipinski definition) is 2. The summed E-state index contributed by atoms with van der Waals surface area (Å²) < 4.78 is 0. The number of nitriles is 1. The molecule has 26 heavy (non-hydrogen) atoms. The Kier molecular flexibility index (Phi) is 4.82. The number of rotatable bonds is 3. The number of fused-ring (bicyclic) bond motifs is 1. The number of nitrogens with two attached hydrogens (primary N) is 2. The number of hydrogen-bond acceptors (Lipinski definition) is 4. The predicted octanol–water partition coefficient (Wildman–Crippen LogP) is 4.25. The van der Waals surface area contributed by atoms with E-state index >= 15 is 0 Å². The van der Waals surface area contributed by atoms with Crippen LogP contribution in [0.5, 0.6) is 0 Å². The predicted molar refractivity (Wildman–Crippen MR) is 105 cm³/mol. The van der Waals surface area contributed by atoms with E-state index in [-0.39, 0.29) is 12.5 Å². The van der Waals surface area contributed by atoms with E-state index in [2.05, 4.69) is 6.07 Å². The number of benzene rings is 2. The quantitative estimate of drug-likeness (QED) is 0.608. The number of carbonyl (C=O) groups is 1. The fourth-order valence-corrected chi connectivity index (χ4v) is 3.53. The van der Waals surface area contributed by atoms with Crippen molar-refractivity contribution < 1.29 is 4.79 Å². The highest BCUT2D eigenvalue weighted by Gasteiger charge is 2.32. The van der Waals surface area contributed by atoms with Crippen LogP contribution in [-0.2, 0) is 6.54 Å². The van der Waals surface area contributed by atoms with Crippen LogP contribution in [0.1, 0.15) is 22.8 Å². The van der Waals surface area contributed by atoms with Crippen LogP contribution in [0, 0.1) is 11.3 Å². The Morgan fingerprint density at radius 1 is 1.31 bits per heavy atom. The molecule has 0 unspecified atom stereocenters. The number of carbonyl (C=O) groups excluding carboxylic acids is 1. The molecule has 1 aliphatic heterocycles. The average Bonchev–Trinajstić information content (AvgIpc) is 2.94. The second kappa shape index (κ2) is 6.91. The second-order valence-corrected chi connectivity index (χ2v) is 6.81. The third-order valence-electron chi connectivity index (χ3n) is 4.44. The van der Waals surface area contributed by atoms with Gasteiger partial charge >= 0.3 is 0 Å². The summed E-state index contributed by atoms with van der Waals surface area (Å²) in [7, 11) is 0. The molecule has 1 heterocycles. The first-order chi connectivity index (χ1) is 12.4. The van der Waals surface area contributed by atoms with E-state index in [1.54, 1.807) is 36.1 Å². The molecular formula is C19H16Cl2N4O. The van der Waals surface area contributed by atoms with Crippen molar-refractivity contribution in [3.63, 3.8) is 0 Å². The van der Waals surface area contributed by atoms with Gasteiger partial charge in [0.1, 0.15) is 0 Å². The Morgan fingerprint density at radius 3 is 2.54 bits per heavy atom. The zero-order chi connectivity index (χ0) is 19.0. The molecule has 1 aliphatic rings.